The van der Waals surface area contributed by atoms with E-state index in [0.29, 0.717) is 17.2 Å². The molecule has 4 aliphatic rings. The molecular formula is C28H41NO2S. The largest absolute Gasteiger partial charge is 0.393 e. The van der Waals surface area contributed by atoms with Crippen molar-refractivity contribution < 1.29 is 9.90 Å². The van der Waals surface area contributed by atoms with Crippen LogP contribution in [-0.2, 0) is 10.5 Å². The second-order valence-corrected chi connectivity index (χ2v) is 12.8. The van der Waals surface area contributed by atoms with E-state index in [4.69, 9.17) is 0 Å². The molecule has 32 heavy (non-hydrogen) atoms. The fraction of sp³-hybridized carbons (Fsp3) is 0.750. The molecule has 0 aromatic heterocycles. The lowest BCUT2D eigenvalue weighted by atomic mass is 9.45. The van der Waals surface area contributed by atoms with Gasteiger partial charge in [0.2, 0.25) is 5.91 Å². The van der Waals surface area contributed by atoms with Gasteiger partial charge in [-0.2, -0.15) is 0 Å². The lowest BCUT2D eigenvalue weighted by molar-refractivity contribution is -0.128. The number of benzene rings is 1. The van der Waals surface area contributed by atoms with Crippen LogP contribution in [0.5, 0.6) is 0 Å². The van der Waals surface area contributed by atoms with E-state index in [-0.39, 0.29) is 17.4 Å². The van der Waals surface area contributed by atoms with E-state index in [1.807, 2.05) is 6.07 Å². The molecule has 4 aliphatic carbocycles. The van der Waals surface area contributed by atoms with Gasteiger partial charge >= 0.3 is 0 Å². The third-order valence-corrected chi connectivity index (χ3v) is 11.3. The number of hydrogen-bond acceptors (Lipinski definition) is 3. The van der Waals surface area contributed by atoms with Gasteiger partial charge in [0.15, 0.2) is 0 Å². The van der Waals surface area contributed by atoms with Crippen LogP contribution in [0.3, 0.4) is 0 Å². The van der Waals surface area contributed by atoms with Crippen molar-refractivity contribution in [3.63, 3.8) is 0 Å². The molecule has 4 fully saturated rings. The molecule has 0 saturated heterocycles. The first-order valence-electron chi connectivity index (χ1n) is 13.0. The van der Waals surface area contributed by atoms with Crippen LogP contribution in [0.4, 0.5) is 0 Å². The Bertz CT molecular complexity index is 815. The molecule has 0 heterocycles. The normalized spacial score (nSPS) is 43.1. The fourth-order valence-electron chi connectivity index (χ4n) is 8.54. The highest BCUT2D eigenvalue weighted by atomic mass is 32.2. The van der Waals surface area contributed by atoms with Crippen LogP contribution in [0.1, 0.15) is 77.2 Å². The standard InChI is InChI=1S/C28H41NO2S/c1-27-14-12-21(30)16-20(27)8-9-22-23-10-11-25(28(23,2)15-13-24(22)27)29-26(31)18-32-17-19-6-4-3-5-7-19/h3-7,20-25,30H,8-18H2,1-2H3,(H,29,31)/t20-,21+,22-,23-,24-,25-,27-,28-/m0/s1. The van der Waals surface area contributed by atoms with E-state index in [1.54, 1.807) is 11.8 Å². The van der Waals surface area contributed by atoms with E-state index in [0.717, 1.165) is 48.7 Å². The Morgan fingerprint density at radius 2 is 1.75 bits per heavy atom. The van der Waals surface area contributed by atoms with Crippen molar-refractivity contribution in [3.8, 4) is 0 Å². The van der Waals surface area contributed by atoms with E-state index >= 15 is 0 Å². The van der Waals surface area contributed by atoms with Gasteiger partial charge in [-0.15, -0.1) is 11.8 Å². The average Bonchev–Trinajstić information content (AvgIpc) is 3.11. The van der Waals surface area contributed by atoms with Crippen LogP contribution in [0.25, 0.3) is 0 Å². The molecule has 3 nitrogen and oxygen atoms in total. The third kappa shape index (κ3) is 4.04. The maximum atomic E-state index is 12.8. The minimum atomic E-state index is -0.0654. The summed E-state index contributed by atoms with van der Waals surface area (Å²) in [5, 5.41) is 13.7. The Labute approximate surface area is 198 Å². The minimum Gasteiger partial charge on any atom is -0.393 e. The number of carbonyl (C=O) groups excluding carboxylic acids is 1. The quantitative estimate of drug-likeness (QED) is 0.589. The van der Waals surface area contributed by atoms with Crippen molar-refractivity contribution in [2.45, 2.75) is 89.5 Å². The number of thioether (sulfide) groups is 1. The summed E-state index contributed by atoms with van der Waals surface area (Å²) in [5.41, 5.74) is 1.98. The summed E-state index contributed by atoms with van der Waals surface area (Å²) < 4.78 is 0. The van der Waals surface area contributed by atoms with Gasteiger partial charge in [-0.05, 0) is 97.9 Å². The Balaban J connectivity index is 1.20. The first-order chi connectivity index (χ1) is 15.4. The van der Waals surface area contributed by atoms with Crippen LogP contribution < -0.4 is 5.32 Å². The second-order valence-electron chi connectivity index (χ2n) is 11.8. The van der Waals surface area contributed by atoms with Crippen LogP contribution in [0.2, 0.25) is 0 Å². The van der Waals surface area contributed by atoms with Crippen LogP contribution in [0, 0.1) is 34.5 Å². The van der Waals surface area contributed by atoms with Gasteiger partial charge in [-0.3, -0.25) is 4.79 Å². The molecule has 176 valence electrons. The summed E-state index contributed by atoms with van der Waals surface area (Å²) in [6.07, 6.45) is 10.8. The molecule has 1 amide bonds. The summed E-state index contributed by atoms with van der Waals surface area (Å²) in [6, 6.07) is 10.8. The lowest BCUT2D eigenvalue weighted by Crippen LogP contribution is -2.56. The lowest BCUT2D eigenvalue weighted by Gasteiger charge is -2.60. The third-order valence-electron chi connectivity index (χ3n) is 10.3. The Hall–Kier alpha value is -1.00. The van der Waals surface area contributed by atoms with E-state index < -0.39 is 0 Å². The SMILES string of the molecule is C[C@]12CC[C@@H](O)C[C@@H]1CC[C@@H]1[C@@H]2CC[C@]2(C)[C@@H](NC(=O)CSCc3ccccc3)CC[C@@H]12. The molecule has 0 unspecified atom stereocenters. The zero-order valence-electron chi connectivity index (χ0n) is 19.9. The van der Waals surface area contributed by atoms with Crippen LogP contribution >= 0.6 is 11.8 Å². The van der Waals surface area contributed by atoms with Crippen LogP contribution in [0.15, 0.2) is 30.3 Å². The molecule has 4 heteroatoms. The predicted molar refractivity (Wildman–Crippen MR) is 132 cm³/mol. The van der Waals surface area contributed by atoms with Gasteiger partial charge in [0.1, 0.15) is 0 Å². The maximum Gasteiger partial charge on any atom is 0.230 e. The zero-order valence-corrected chi connectivity index (χ0v) is 20.7. The number of amides is 1. The molecule has 2 N–H and O–H groups in total. The van der Waals surface area contributed by atoms with Crippen molar-refractivity contribution in [3.05, 3.63) is 35.9 Å². The van der Waals surface area contributed by atoms with Crippen molar-refractivity contribution in [2.75, 3.05) is 5.75 Å². The van der Waals surface area contributed by atoms with Crippen molar-refractivity contribution in [1.82, 2.24) is 5.32 Å². The Morgan fingerprint density at radius 1 is 1.00 bits per heavy atom. The highest BCUT2D eigenvalue weighted by Crippen LogP contribution is 2.66. The fourth-order valence-corrected chi connectivity index (χ4v) is 9.34. The minimum absolute atomic E-state index is 0.0654. The molecule has 8 atom stereocenters. The van der Waals surface area contributed by atoms with E-state index in [1.165, 1.54) is 44.1 Å². The van der Waals surface area contributed by atoms with Crippen molar-refractivity contribution in [1.29, 1.82) is 0 Å². The second kappa shape index (κ2) is 8.98. The van der Waals surface area contributed by atoms with Gasteiger partial charge in [0, 0.05) is 11.8 Å². The number of hydrogen-bond donors (Lipinski definition) is 2. The highest BCUT2D eigenvalue weighted by molar-refractivity contribution is 7.99. The number of nitrogens with one attached hydrogen (secondary N) is 1. The number of aliphatic hydroxyl groups is 1. The molecular weight excluding hydrogens is 414 g/mol. The van der Waals surface area contributed by atoms with Gasteiger partial charge in [-0.25, -0.2) is 0 Å². The first kappa shape index (κ1) is 22.8. The summed E-state index contributed by atoms with van der Waals surface area (Å²) >= 11 is 1.72. The number of fused-ring (bicyclic) bond motifs is 5. The monoisotopic (exact) mass is 455 g/mol. The number of rotatable bonds is 5. The van der Waals surface area contributed by atoms with Crippen molar-refractivity contribution >= 4 is 17.7 Å². The Kier molecular flexibility index (Phi) is 6.39. The smallest absolute Gasteiger partial charge is 0.230 e. The number of aliphatic hydroxyl groups excluding tert-OH is 1. The first-order valence-corrected chi connectivity index (χ1v) is 14.1. The van der Waals surface area contributed by atoms with Crippen LogP contribution in [-0.4, -0.2) is 28.9 Å². The Morgan fingerprint density at radius 3 is 2.56 bits per heavy atom. The number of carbonyl (C=O) groups is 1. The molecule has 5 rings (SSSR count). The van der Waals surface area contributed by atoms with Gasteiger partial charge in [-0.1, -0.05) is 44.2 Å². The highest BCUT2D eigenvalue weighted by Gasteiger charge is 2.60. The van der Waals surface area contributed by atoms with Gasteiger partial charge < -0.3 is 10.4 Å². The summed E-state index contributed by atoms with van der Waals surface area (Å²) in [6.45, 7) is 5.04. The van der Waals surface area contributed by atoms with Gasteiger partial charge in [0.25, 0.3) is 0 Å². The molecule has 0 radical (unpaired) electrons. The topological polar surface area (TPSA) is 49.3 Å². The van der Waals surface area contributed by atoms with E-state index in [2.05, 4.69) is 43.4 Å². The summed E-state index contributed by atoms with van der Waals surface area (Å²) in [7, 11) is 0. The molecule has 0 aliphatic heterocycles. The average molecular weight is 456 g/mol. The molecule has 0 spiro atoms. The molecule has 4 saturated carbocycles. The zero-order chi connectivity index (χ0) is 22.3. The summed E-state index contributed by atoms with van der Waals surface area (Å²) in [5.74, 6) is 4.79. The van der Waals surface area contributed by atoms with Crippen molar-refractivity contribution in [2.24, 2.45) is 34.5 Å². The maximum absolute atomic E-state index is 12.8. The predicted octanol–water partition coefficient (Wildman–Crippen LogP) is 5.81. The van der Waals surface area contributed by atoms with E-state index in [9.17, 15) is 9.90 Å². The van der Waals surface area contributed by atoms with Gasteiger partial charge in [0.05, 0.1) is 11.9 Å². The summed E-state index contributed by atoms with van der Waals surface area (Å²) in [4.78, 5) is 12.8. The molecule has 1 aromatic rings. The molecule has 1 aromatic carbocycles. The molecule has 0 bridgehead atoms.